The van der Waals surface area contributed by atoms with Crippen LogP contribution in [0.15, 0.2) is 24.4 Å². The van der Waals surface area contributed by atoms with Crippen LogP contribution in [0.2, 0.25) is 0 Å². The third-order valence-electron chi connectivity index (χ3n) is 2.84. The average molecular weight is 273 g/mol. The fraction of sp³-hybridized carbons (Fsp3) is 0.154. The fourth-order valence-electron chi connectivity index (χ4n) is 1.94. The molecule has 1 aliphatic heterocycles. The monoisotopic (exact) mass is 273 g/mol. The van der Waals surface area contributed by atoms with Gasteiger partial charge in [-0.1, -0.05) is 6.07 Å². The van der Waals surface area contributed by atoms with Gasteiger partial charge in [-0.25, -0.2) is 4.98 Å². The minimum atomic E-state index is -0.224. The zero-order chi connectivity index (χ0) is 13.4. The van der Waals surface area contributed by atoms with Crippen LogP contribution >= 0.6 is 11.3 Å². The fourth-order valence-corrected chi connectivity index (χ4v) is 2.60. The predicted molar refractivity (Wildman–Crippen MR) is 73.6 cm³/mol. The molecule has 0 bridgehead atoms. The Hall–Kier alpha value is -2.21. The van der Waals surface area contributed by atoms with Crippen molar-refractivity contribution in [1.82, 2.24) is 4.98 Å². The van der Waals surface area contributed by atoms with Crippen molar-refractivity contribution < 1.29 is 9.59 Å². The second-order valence-electron chi connectivity index (χ2n) is 4.33. The molecule has 2 N–H and O–H groups in total. The lowest BCUT2D eigenvalue weighted by Crippen LogP contribution is -2.11. The minimum Gasteiger partial charge on any atom is -0.326 e. The number of benzene rings is 1. The van der Waals surface area contributed by atoms with Gasteiger partial charge in [-0.15, -0.1) is 11.3 Å². The molecular formula is C13H11N3O2S. The first-order chi connectivity index (χ1) is 9.11. The third kappa shape index (κ3) is 2.34. The summed E-state index contributed by atoms with van der Waals surface area (Å²) in [6.45, 7) is 1.93. The van der Waals surface area contributed by atoms with Gasteiger partial charge >= 0.3 is 0 Å². The van der Waals surface area contributed by atoms with Crippen LogP contribution < -0.4 is 10.6 Å². The molecule has 0 spiro atoms. The van der Waals surface area contributed by atoms with Gasteiger partial charge in [-0.2, -0.15) is 0 Å². The molecule has 1 aromatic heterocycles. The number of carbonyl (C=O) groups is 2. The summed E-state index contributed by atoms with van der Waals surface area (Å²) < 4.78 is 0. The van der Waals surface area contributed by atoms with E-state index in [9.17, 15) is 9.59 Å². The molecule has 0 saturated heterocycles. The lowest BCUT2D eigenvalue weighted by Gasteiger charge is -2.04. The molecule has 3 rings (SSSR count). The van der Waals surface area contributed by atoms with Crippen LogP contribution in [-0.4, -0.2) is 16.8 Å². The Morgan fingerprint density at radius 2 is 2.32 bits per heavy atom. The number of anilines is 2. The van der Waals surface area contributed by atoms with E-state index >= 15 is 0 Å². The average Bonchev–Trinajstić information content (AvgIpc) is 2.93. The summed E-state index contributed by atoms with van der Waals surface area (Å²) in [5.41, 5.74) is 2.15. The minimum absolute atomic E-state index is 0.0388. The van der Waals surface area contributed by atoms with E-state index in [4.69, 9.17) is 0 Å². The summed E-state index contributed by atoms with van der Waals surface area (Å²) in [6.07, 6.45) is 2.09. The van der Waals surface area contributed by atoms with Gasteiger partial charge in [0, 0.05) is 22.3 Å². The second-order valence-corrected chi connectivity index (χ2v) is 5.56. The molecule has 19 heavy (non-hydrogen) atoms. The molecular weight excluding hydrogens is 262 g/mol. The first kappa shape index (κ1) is 11.9. The van der Waals surface area contributed by atoms with Crippen molar-refractivity contribution in [2.45, 2.75) is 13.3 Å². The lowest BCUT2D eigenvalue weighted by atomic mass is 10.1. The van der Waals surface area contributed by atoms with Crippen molar-refractivity contribution in [3.8, 4) is 0 Å². The van der Waals surface area contributed by atoms with Crippen LogP contribution in [0.5, 0.6) is 0 Å². The summed E-state index contributed by atoms with van der Waals surface area (Å²) >= 11 is 1.42. The molecule has 0 fully saturated rings. The first-order valence-electron chi connectivity index (χ1n) is 5.78. The number of hydrogen-bond acceptors (Lipinski definition) is 4. The number of nitrogens with one attached hydrogen (secondary N) is 2. The standard InChI is InChI=1S/C13H11N3O2S/c1-7-6-14-13(19-7)16-12(18)9-3-2-8-5-11(17)15-10(8)4-9/h2-4,6H,5H2,1H3,(H,15,17)(H,14,16,18). The van der Waals surface area contributed by atoms with E-state index in [1.54, 1.807) is 24.4 Å². The summed E-state index contributed by atoms with van der Waals surface area (Å²) in [7, 11) is 0. The molecule has 2 heterocycles. The Balaban J connectivity index is 1.81. The van der Waals surface area contributed by atoms with Gasteiger partial charge in [-0.3, -0.25) is 14.9 Å². The normalized spacial score (nSPS) is 13.0. The highest BCUT2D eigenvalue weighted by molar-refractivity contribution is 7.15. The molecule has 0 saturated carbocycles. The SMILES string of the molecule is Cc1cnc(NC(=O)c2ccc3c(c2)NC(=O)C3)s1. The molecule has 6 heteroatoms. The van der Waals surface area contributed by atoms with Crippen molar-refractivity contribution in [3.05, 3.63) is 40.4 Å². The molecule has 0 atom stereocenters. The number of thiazole rings is 1. The first-order valence-corrected chi connectivity index (χ1v) is 6.60. The van der Waals surface area contributed by atoms with Crippen molar-refractivity contribution in [2.24, 2.45) is 0 Å². The van der Waals surface area contributed by atoms with Gasteiger partial charge in [0.05, 0.1) is 6.42 Å². The van der Waals surface area contributed by atoms with Gasteiger partial charge in [0.25, 0.3) is 5.91 Å². The summed E-state index contributed by atoms with van der Waals surface area (Å²) in [4.78, 5) is 28.4. The summed E-state index contributed by atoms with van der Waals surface area (Å²) in [5, 5.41) is 6.04. The maximum Gasteiger partial charge on any atom is 0.257 e. The number of aromatic nitrogens is 1. The number of aryl methyl sites for hydroxylation is 1. The maximum absolute atomic E-state index is 12.0. The van der Waals surface area contributed by atoms with Gasteiger partial charge in [0.2, 0.25) is 5.91 Å². The van der Waals surface area contributed by atoms with E-state index < -0.39 is 0 Å². The highest BCUT2D eigenvalue weighted by Crippen LogP contribution is 2.25. The van der Waals surface area contributed by atoms with Crippen molar-refractivity contribution in [2.75, 3.05) is 10.6 Å². The van der Waals surface area contributed by atoms with E-state index in [1.165, 1.54) is 11.3 Å². The number of hydrogen-bond donors (Lipinski definition) is 2. The van der Waals surface area contributed by atoms with Crippen LogP contribution in [0.1, 0.15) is 20.8 Å². The van der Waals surface area contributed by atoms with Crippen LogP contribution in [0.4, 0.5) is 10.8 Å². The molecule has 0 aliphatic carbocycles. The molecule has 0 radical (unpaired) electrons. The molecule has 0 unspecified atom stereocenters. The molecule has 2 amide bonds. The van der Waals surface area contributed by atoms with Crippen molar-refractivity contribution in [3.63, 3.8) is 0 Å². The Bertz CT molecular complexity index is 678. The van der Waals surface area contributed by atoms with E-state index in [2.05, 4.69) is 15.6 Å². The van der Waals surface area contributed by atoms with Gasteiger partial charge in [0.15, 0.2) is 5.13 Å². The van der Waals surface area contributed by atoms with E-state index in [0.717, 1.165) is 10.4 Å². The highest BCUT2D eigenvalue weighted by atomic mass is 32.1. The molecule has 1 aliphatic rings. The molecule has 5 nitrogen and oxygen atoms in total. The van der Waals surface area contributed by atoms with E-state index in [0.29, 0.717) is 22.8 Å². The predicted octanol–water partition coefficient (Wildman–Crippen LogP) is 2.20. The quantitative estimate of drug-likeness (QED) is 0.881. The van der Waals surface area contributed by atoms with Crippen LogP contribution in [-0.2, 0) is 11.2 Å². The van der Waals surface area contributed by atoms with Crippen LogP contribution in [0, 0.1) is 6.92 Å². The maximum atomic E-state index is 12.0. The number of rotatable bonds is 2. The number of nitrogens with zero attached hydrogens (tertiary/aromatic N) is 1. The van der Waals surface area contributed by atoms with Gasteiger partial charge in [-0.05, 0) is 24.6 Å². The Kier molecular flexibility index (Phi) is 2.79. The zero-order valence-corrected chi connectivity index (χ0v) is 11.0. The highest BCUT2D eigenvalue weighted by Gasteiger charge is 2.19. The second kappa shape index (κ2) is 4.47. The number of carbonyl (C=O) groups excluding carboxylic acids is 2. The van der Waals surface area contributed by atoms with Crippen molar-refractivity contribution >= 4 is 34.0 Å². The van der Waals surface area contributed by atoms with Crippen LogP contribution in [0.25, 0.3) is 0 Å². The number of fused-ring (bicyclic) bond motifs is 1. The molecule has 96 valence electrons. The lowest BCUT2D eigenvalue weighted by molar-refractivity contribution is -0.115. The largest absolute Gasteiger partial charge is 0.326 e. The Labute approximate surface area is 113 Å². The van der Waals surface area contributed by atoms with E-state index in [-0.39, 0.29) is 11.8 Å². The van der Waals surface area contributed by atoms with Gasteiger partial charge in [0.1, 0.15) is 0 Å². The summed E-state index contributed by atoms with van der Waals surface area (Å²) in [6, 6.07) is 5.21. The molecule has 1 aromatic carbocycles. The topological polar surface area (TPSA) is 71.1 Å². The smallest absolute Gasteiger partial charge is 0.257 e. The molecule has 2 aromatic rings. The Morgan fingerprint density at radius 3 is 3.05 bits per heavy atom. The van der Waals surface area contributed by atoms with Crippen LogP contribution in [0.3, 0.4) is 0 Å². The number of amides is 2. The Morgan fingerprint density at radius 1 is 1.47 bits per heavy atom. The zero-order valence-electron chi connectivity index (χ0n) is 10.2. The van der Waals surface area contributed by atoms with Gasteiger partial charge < -0.3 is 5.32 Å². The van der Waals surface area contributed by atoms with E-state index in [1.807, 2.05) is 6.92 Å². The summed E-state index contributed by atoms with van der Waals surface area (Å²) in [5.74, 6) is -0.263. The third-order valence-corrected chi connectivity index (χ3v) is 3.67. The van der Waals surface area contributed by atoms with Crippen molar-refractivity contribution in [1.29, 1.82) is 0 Å².